The van der Waals surface area contributed by atoms with Crippen LogP contribution in [0.3, 0.4) is 0 Å². The lowest BCUT2D eigenvalue weighted by atomic mass is 10.1. The number of aryl methyl sites for hydroxylation is 1. The monoisotopic (exact) mass is 518 g/mol. The van der Waals surface area contributed by atoms with Gasteiger partial charge in [0.2, 0.25) is 0 Å². The van der Waals surface area contributed by atoms with Gasteiger partial charge in [-0.05, 0) is 67.1 Å². The number of imide groups is 2. The van der Waals surface area contributed by atoms with Gasteiger partial charge in [0.1, 0.15) is 17.1 Å². The van der Waals surface area contributed by atoms with Crippen LogP contribution in [0.1, 0.15) is 11.3 Å². The average Bonchev–Trinajstić information content (AvgIpc) is 3.18. The van der Waals surface area contributed by atoms with Crippen molar-refractivity contribution in [1.29, 1.82) is 0 Å². The van der Waals surface area contributed by atoms with Crippen molar-refractivity contribution in [3.63, 3.8) is 0 Å². The number of anilines is 1. The summed E-state index contributed by atoms with van der Waals surface area (Å²) in [5, 5.41) is 2.97. The van der Waals surface area contributed by atoms with Crippen molar-refractivity contribution in [3.05, 3.63) is 79.9 Å². The zero-order valence-electron chi connectivity index (χ0n) is 15.9. The molecule has 156 valence electrons. The lowest BCUT2D eigenvalue weighted by Gasteiger charge is -2.26. The summed E-state index contributed by atoms with van der Waals surface area (Å²) in [6.45, 7) is 1.83. The van der Waals surface area contributed by atoms with Crippen LogP contribution >= 0.6 is 39.1 Å². The normalized spacial score (nSPS) is 15.5. The molecule has 0 bridgehead atoms. The molecule has 4 amide bonds. The second-order valence-electron chi connectivity index (χ2n) is 6.72. The van der Waals surface area contributed by atoms with Crippen molar-refractivity contribution in [1.82, 2.24) is 5.32 Å². The maximum absolute atomic E-state index is 13.0. The number of amides is 4. The van der Waals surface area contributed by atoms with E-state index in [4.69, 9.17) is 27.6 Å². The zero-order chi connectivity index (χ0) is 22.3. The number of hydrogen-bond acceptors (Lipinski definition) is 4. The summed E-state index contributed by atoms with van der Waals surface area (Å²) >= 11 is 15.4. The highest BCUT2D eigenvalue weighted by molar-refractivity contribution is 9.10. The van der Waals surface area contributed by atoms with E-state index in [1.807, 2.05) is 6.92 Å². The van der Waals surface area contributed by atoms with E-state index in [2.05, 4.69) is 21.2 Å². The summed E-state index contributed by atoms with van der Waals surface area (Å²) < 4.78 is 6.58. The first-order valence-electron chi connectivity index (χ1n) is 8.97. The highest BCUT2D eigenvalue weighted by atomic mass is 79.9. The van der Waals surface area contributed by atoms with Crippen LogP contribution in [0.25, 0.3) is 17.4 Å². The molecule has 9 heteroatoms. The van der Waals surface area contributed by atoms with Crippen LogP contribution in [0, 0.1) is 6.92 Å². The number of carbonyl (C=O) groups excluding carboxylic acids is 3. The number of furan rings is 1. The maximum atomic E-state index is 13.0. The number of rotatable bonds is 3. The van der Waals surface area contributed by atoms with Gasteiger partial charge in [-0.3, -0.25) is 14.9 Å². The molecule has 0 radical (unpaired) electrons. The molecule has 31 heavy (non-hydrogen) atoms. The number of carbonyl (C=O) groups is 3. The van der Waals surface area contributed by atoms with E-state index in [9.17, 15) is 14.4 Å². The van der Waals surface area contributed by atoms with E-state index in [-0.39, 0.29) is 11.3 Å². The van der Waals surface area contributed by atoms with Gasteiger partial charge in [-0.25, -0.2) is 9.69 Å². The minimum absolute atomic E-state index is 0.227. The minimum Gasteiger partial charge on any atom is -0.457 e. The average molecular weight is 520 g/mol. The molecule has 0 aliphatic carbocycles. The molecule has 1 aliphatic heterocycles. The molecule has 1 N–H and O–H groups in total. The molecule has 1 fully saturated rings. The highest BCUT2D eigenvalue weighted by Gasteiger charge is 2.37. The van der Waals surface area contributed by atoms with Crippen LogP contribution in [-0.2, 0) is 9.59 Å². The fourth-order valence-electron chi connectivity index (χ4n) is 3.04. The van der Waals surface area contributed by atoms with Gasteiger partial charge >= 0.3 is 6.03 Å². The van der Waals surface area contributed by atoms with Gasteiger partial charge in [0, 0.05) is 10.0 Å². The van der Waals surface area contributed by atoms with Gasteiger partial charge in [0.05, 0.1) is 15.7 Å². The van der Waals surface area contributed by atoms with Gasteiger partial charge in [0.15, 0.2) is 0 Å². The Bertz CT molecular complexity index is 1280. The van der Waals surface area contributed by atoms with Crippen molar-refractivity contribution in [3.8, 4) is 11.3 Å². The summed E-state index contributed by atoms with van der Waals surface area (Å²) in [5.41, 5.74) is 1.63. The first kappa shape index (κ1) is 21.4. The van der Waals surface area contributed by atoms with E-state index in [1.54, 1.807) is 48.5 Å². The number of barbiturate groups is 1. The molecule has 0 saturated carbocycles. The Hall–Kier alpha value is -2.87. The number of nitrogens with one attached hydrogen (secondary N) is 1. The number of benzene rings is 2. The second kappa shape index (κ2) is 8.34. The molecule has 1 saturated heterocycles. The number of halogens is 3. The molecule has 2 aromatic carbocycles. The topological polar surface area (TPSA) is 79.6 Å². The van der Waals surface area contributed by atoms with E-state index >= 15 is 0 Å². The van der Waals surface area contributed by atoms with Crippen LogP contribution in [0.2, 0.25) is 10.0 Å². The molecular formula is C22H13BrCl2N2O4. The highest BCUT2D eigenvalue weighted by Crippen LogP contribution is 2.31. The number of hydrogen-bond donors (Lipinski definition) is 1. The van der Waals surface area contributed by atoms with Crippen LogP contribution in [0.5, 0.6) is 0 Å². The molecule has 0 atom stereocenters. The Morgan fingerprint density at radius 2 is 1.77 bits per heavy atom. The van der Waals surface area contributed by atoms with Crippen molar-refractivity contribution in [2.45, 2.75) is 6.92 Å². The van der Waals surface area contributed by atoms with E-state index in [0.29, 0.717) is 27.1 Å². The third-order valence-corrected chi connectivity index (χ3v) is 6.25. The van der Waals surface area contributed by atoms with Gasteiger partial charge in [0.25, 0.3) is 11.8 Å². The smallest absolute Gasteiger partial charge is 0.335 e. The molecule has 4 rings (SSSR count). The summed E-state index contributed by atoms with van der Waals surface area (Å²) in [5.74, 6) is -0.804. The van der Waals surface area contributed by atoms with Gasteiger partial charge < -0.3 is 4.42 Å². The van der Waals surface area contributed by atoms with Gasteiger partial charge in [-0.15, -0.1) is 0 Å². The first-order valence-corrected chi connectivity index (χ1v) is 10.5. The van der Waals surface area contributed by atoms with Crippen LogP contribution in [0.15, 0.2) is 63.0 Å². The van der Waals surface area contributed by atoms with E-state index < -0.39 is 17.8 Å². The molecule has 3 aromatic rings. The van der Waals surface area contributed by atoms with Crippen molar-refractivity contribution < 1.29 is 18.8 Å². The Morgan fingerprint density at radius 3 is 2.48 bits per heavy atom. The zero-order valence-corrected chi connectivity index (χ0v) is 19.0. The van der Waals surface area contributed by atoms with Crippen molar-refractivity contribution >= 4 is 68.7 Å². The maximum Gasteiger partial charge on any atom is 0.335 e. The molecule has 6 nitrogen and oxygen atoms in total. The molecule has 0 spiro atoms. The number of nitrogens with zero attached hydrogens (tertiary/aromatic N) is 1. The lowest BCUT2D eigenvalue weighted by molar-refractivity contribution is -0.122. The lowest BCUT2D eigenvalue weighted by Crippen LogP contribution is -2.54. The Kier molecular flexibility index (Phi) is 5.75. The summed E-state index contributed by atoms with van der Waals surface area (Å²) in [6, 6.07) is 12.5. The van der Waals surface area contributed by atoms with Gasteiger partial charge in [-0.1, -0.05) is 39.1 Å². The van der Waals surface area contributed by atoms with Crippen LogP contribution in [0.4, 0.5) is 10.5 Å². The number of urea groups is 1. The first-order chi connectivity index (χ1) is 14.7. The standard InChI is InChI=1S/C22H13BrCl2N2O4/c1-11-8-13(3-5-16(11)23)27-21(29)15(20(28)26-22(27)30)10-14-4-7-19(31-14)12-2-6-17(24)18(25)9-12/h2-10H,1H3,(H,26,28,30)/b15-10-. The molecule has 2 heterocycles. The molecule has 1 aliphatic rings. The fraction of sp³-hybridized carbons (Fsp3) is 0.0455. The van der Waals surface area contributed by atoms with E-state index in [1.165, 1.54) is 6.08 Å². The summed E-state index contributed by atoms with van der Waals surface area (Å²) in [7, 11) is 0. The third kappa shape index (κ3) is 4.17. The largest absolute Gasteiger partial charge is 0.457 e. The predicted octanol–water partition coefficient (Wildman–Crippen LogP) is 5.99. The molecule has 1 aromatic heterocycles. The fourth-order valence-corrected chi connectivity index (χ4v) is 3.58. The summed E-state index contributed by atoms with van der Waals surface area (Å²) in [4.78, 5) is 38.6. The Balaban J connectivity index is 1.68. The molecule has 0 unspecified atom stereocenters. The quantitative estimate of drug-likeness (QED) is 0.340. The Morgan fingerprint density at radius 1 is 1.00 bits per heavy atom. The van der Waals surface area contributed by atoms with Crippen molar-refractivity contribution in [2.75, 3.05) is 4.90 Å². The predicted molar refractivity (Wildman–Crippen MR) is 122 cm³/mol. The van der Waals surface area contributed by atoms with Crippen molar-refractivity contribution in [2.24, 2.45) is 0 Å². The van der Waals surface area contributed by atoms with E-state index in [0.717, 1.165) is 14.9 Å². The molecular weight excluding hydrogens is 507 g/mol. The SMILES string of the molecule is Cc1cc(N2C(=O)NC(=O)/C(=C/c3ccc(-c4ccc(Cl)c(Cl)c4)o3)C2=O)ccc1Br. The second-order valence-corrected chi connectivity index (χ2v) is 8.39. The Labute approximate surface area is 195 Å². The van der Waals surface area contributed by atoms with Gasteiger partial charge in [-0.2, -0.15) is 0 Å². The third-order valence-electron chi connectivity index (χ3n) is 4.62. The minimum atomic E-state index is -0.815. The van der Waals surface area contributed by atoms with Crippen LogP contribution < -0.4 is 10.2 Å². The van der Waals surface area contributed by atoms with Crippen LogP contribution in [-0.4, -0.2) is 17.8 Å². The summed E-state index contributed by atoms with van der Waals surface area (Å²) in [6.07, 6.45) is 1.30.